The molecule has 0 amide bonds. The maximum atomic E-state index is 5.52. The minimum atomic E-state index is 0.207. The zero-order valence-corrected chi connectivity index (χ0v) is 14.2. The topological polar surface area (TPSA) is 69.2 Å². The molecule has 1 aliphatic heterocycles. The van der Waals surface area contributed by atoms with Crippen LogP contribution in [0.3, 0.4) is 0 Å². The normalized spacial score (nSPS) is 16.8. The molecule has 0 N–H and O–H groups in total. The van der Waals surface area contributed by atoms with E-state index in [-0.39, 0.29) is 6.04 Å². The minimum Gasteiger partial charge on any atom is -0.449 e. The summed E-state index contributed by atoms with van der Waals surface area (Å²) in [7, 11) is 0. The molecule has 7 heteroatoms. The van der Waals surface area contributed by atoms with Gasteiger partial charge in [-0.25, -0.2) is 9.97 Å². The van der Waals surface area contributed by atoms with Crippen LogP contribution in [0.2, 0.25) is 0 Å². The molecule has 1 fully saturated rings. The molecule has 0 spiro atoms. The summed E-state index contributed by atoms with van der Waals surface area (Å²) in [5.41, 5.74) is 1.95. The molecule has 0 bridgehead atoms. The van der Waals surface area contributed by atoms with Gasteiger partial charge in [-0.05, 0) is 11.6 Å². The highest BCUT2D eigenvalue weighted by atomic mass is 16.5. The number of ether oxygens (including phenoxy) is 1. The second-order valence-electron chi connectivity index (χ2n) is 6.11. The average Bonchev–Trinajstić information content (AvgIpc) is 3.29. The number of imidazole rings is 1. The molecular formula is C18H21N5O2. The summed E-state index contributed by atoms with van der Waals surface area (Å²) in [6.45, 7) is 5.95. The summed E-state index contributed by atoms with van der Waals surface area (Å²) >= 11 is 0. The van der Waals surface area contributed by atoms with Crippen LogP contribution in [0.1, 0.15) is 17.5 Å². The Bertz CT molecular complexity index is 808. The molecule has 4 heterocycles. The summed E-state index contributed by atoms with van der Waals surface area (Å²) in [6, 6.07) is 4.32. The van der Waals surface area contributed by atoms with Crippen molar-refractivity contribution in [3.05, 3.63) is 54.6 Å². The van der Waals surface area contributed by atoms with Gasteiger partial charge >= 0.3 is 0 Å². The Kier molecular flexibility index (Phi) is 4.58. The van der Waals surface area contributed by atoms with Crippen molar-refractivity contribution < 1.29 is 9.15 Å². The van der Waals surface area contributed by atoms with E-state index in [4.69, 9.17) is 9.15 Å². The van der Waals surface area contributed by atoms with E-state index < -0.39 is 0 Å². The van der Waals surface area contributed by atoms with Crippen LogP contribution < -0.4 is 0 Å². The quantitative estimate of drug-likeness (QED) is 0.710. The van der Waals surface area contributed by atoms with Crippen LogP contribution in [0.15, 0.2) is 47.6 Å². The maximum absolute atomic E-state index is 5.52. The van der Waals surface area contributed by atoms with Crippen molar-refractivity contribution in [3.8, 4) is 11.5 Å². The third-order valence-corrected chi connectivity index (χ3v) is 4.49. The molecule has 1 aliphatic rings. The first-order chi connectivity index (χ1) is 12.3. The monoisotopic (exact) mass is 339 g/mol. The van der Waals surface area contributed by atoms with Crippen LogP contribution in [0.4, 0.5) is 0 Å². The van der Waals surface area contributed by atoms with Gasteiger partial charge < -0.3 is 13.7 Å². The minimum absolute atomic E-state index is 0.207. The lowest BCUT2D eigenvalue weighted by atomic mass is 10.1. The van der Waals surface area contributed by atoms with Gasteiger partial charge in [0.2, 0.25) is 0 Å². The second-order valence-corrected chi connectivity index (χ2v) is 6.11. The van der Waals surface area contributed by atoms with Gasteiger partial charge in [0.25, 0.3) is 0 Å². The third kappa shape index (κ3) is 3.47. The van der Waals surface area contributed by atoms with Gasteiger partial charge in [0.1, 0.15) is 12.0 Å². The number of hydrogen-bond acceptors (Lipinski definition) is 6. The van der Waals surface area contributed by atoms with Crippen molar-refractivity contribution >= 4 is 0 Å². The molecule has 7 nitrogen and oxygen atoms in total. The summed E-state index contributed by atoms with van der Waals surface area (Å²) < 4.78 is 13.0. The standard InChI is InChI=1S/C18H21N5O2/c1-14-21-16(13-25-14)18-20-5-6-23(18)12-17(15-3-2-4-19-11-15)22-7-9-24-10-8-22/h2-6,11,13,17H,7-10,12H2,1H3. The molecule has 0 aromatic carbocycles. The van der Waals surface area contributed by atoms with E-state index in [2.05, 4.69) is 30.5 Å². The fraction of sp³-hybridized carbons (Fsp3) is 0.389. The molecule has 3 aromatic heterocycles. The van der Waals surface area contributed by atoms with Gasteiger partial charge in [0.15, 0.2) is 11.7 Å². The number of aromatic nitrogens is 4. The van der Waals surface area contributed by atoms with Gasteiger partial charge in [0.05, 0.1) is 19.3 Å². The van der Waals surface area contributed by atoms with Gasteiger partial charge in [-0.2, -0.15) is 0 Å². The molecule has 3 aromatic rings. The Morgan fingerprint density at radius 2 is 2.12 bits per heavy atom. The Morgan fingerprint density at radius 1 is 1.24 bits per heavy atom. The molecule has 1 saturated heterocycles. The first kappa shape index (κ1) is 16.0. The summed E-state index contributed by atoms with van der Waals surface area (Å²) in [4.78, 5) is 15.6. The number of morpholine rings is 1. The fourth-order valence-corrected chi connectivity index (χ4v) is 3.24. The van der Waals surface area contributed by atoms with Crippen molar-refractivity contribution in [1.29, 1.82) is 0 Å². The van der Waals surface area contributed by atoms with Gasteiger partial charge in [-0.1, -0.05) is 6.07 Å². The highest BCUT2D eigenvalue weighted by Gasteiger charge is 2.24. The van der Waals surface area contributed by atoms with Crippen molar-refractivity contribution in [2.24, 2.45) is 0 Å². The molecule has 1 unspecified atom stereocenters. The number of rotatable bonds is 5. The molecule has 1 atom stereocenters. The first-order valence-electron chi connectivity index (χ1n) is 8.46. The van der Waals surface area contributed by atoms with E-state index in [0.29, 0.717) is 5.89 Å². The summed E-state index contributed by atoms with van der Waals surface area (Å²) in [5.74, 6) is 1.46. The van der Waals surface area contributed by atoms with E-state index in [1.807, 2.05) is 25.4 Å². The van der Waals surface area contributed by atoms with Gasteiger partial charge in [-0.15, -0.1) is 0 Å². The van der Waals surface area contributed by atoms with Crippen molar-refractivity contribution in [3.63, 3.8) is 0 Å². The number of hydrogen-bond donors (Lipinski definition) is 0. The van der Waals surface area contributed by atoms with Crippen LogP contribution >= 0.6 is 0 Å². The van der Waals surface area contributed by atoms with Crippen LogP contribution in [0, 0.1) is 6.92 Å². The van der Waals surface area contributed by atoms with Crippen LogP contribution in [0.25, 0.3) is 11.5 Å². The summed E-state index contributed by atoms with van der Waals surface area (Å²) in [6.07, 6.45) is 9.20. The Hall–Kier alpha value is -2.51. The smallest absolute Gasteiger partial charge is 0.191 e. The first-order valence-corrected chi connectivity index (χ1v) is 8.46. The predicted octanol–water partition coefficient (Wildman–Crippen LogP) is 2.32. The van der Waals surface area contributed by atoms with E-state index in [9.17, 15) is 0 Å². The van der Waals surface area contributed by atoms with Crippen LogP contribution in [-0.4, -0.2) is 50.7 Å². The zero-order chi connectivity index (χ0) is 17.1. The van der Waals surface area contributed by atoms with Crippen LogP contribution in [0.5, 0.6) is 0 Å². The summed E-state index contributed by atoms with van der Waals surface area (Å²) in [5, 5.41) is 0. The number of aryl methyl sites for hydroxylation is 1. The maximum Gasteiger partial charge on any atom is 0.191 e. The molecule has 0 aliphatic carbocycles. The highest BCUT2D eigenvalue weighted by molar-refractivity contribution is 5.47. The van der Waals surface area contributed by atoms with Crippen molar-refractivity contribution in [2.75, 3.05) is 26.3 Å². The Balaban J connectivity index is 1.64. The molecular weight excluding hydrogens is 318 g/mol. The van der Waals surface area contributed by atoms with E-state index >= 15 is 0 Å². The molecule has 25 heavy (non-hydrogen) atoms. The molecule has 0 saturated carbocycles. The zero-order valence-electron chi connectivity index (χ0n) is 14.2. The molecule has 0 radical (unpaired) electrons. The molecule has 4 rings (SSSR count). The lowest BCUT2D eigenvalue weighted by Gasteiger charge is -2.35. The van der Waals surface area contributed by atoms with Crippen LogP contribution in [-0.2, 0) is 11.3 Å². The Labute approximate surface area is 146 Å². The highest BCUT2D eigenvalue weighted by Crippen LogP contribution is 2.26. The lowest BCUT2D eigenvalue weighted by molar-refractivity contribution is 0.0123. The largest absolute Gasteiger partial charge is 0.449 e. The van der Waals surface area contributed by atoms with Crippen molar-refractivity contribution in [1.82, 2.24) is 24.4 Å². The Morgan fingerprint density at radius 3 is 2.84 bits per heavy atom. The average molecular weight is 339 g/mol. The number of pyridine rings is 1. The second kappa shape index (κ2) is 7.16. The number of nitrogens with zero attached hydrogens (tertiary/aromatic N) is 5. The van der Waals surface area contributed by atoms with Crippen molar-refractivity contribution in [2.45, 2.75) is 19.5 Å². The van der Waals surface area contributed by atoms with E-state index in [0.717, 1.165) is 44.4 Å². The van der Waals surface area contributed by atoms with Gasteiger partial charge in [-0.3, -0.25) is 9.88 Å². The predicted molar refractivity (Wildman–Crippen MR) is 91.8 cm³/mol. The SMILES string of the molecule is Cc1nc(-c2nccn2CC(c2cccnc2)N2CCOCC2)co1. The van der Waals surface area contributed by atoms with Gasteiger partial charge in [0, 0.05) is 51.3 Å². The lowest BCUT2D eigenvalue weighted by Crippen LogP contribution is -2.40. The number of oxazole rings is 1. The molecule has 130 valence electrons. The van der Waals surface area contributed by atoms with E-state index in [1.54, 1.807) is 18.7 Å². The van der Waals surface area contributed by atoms with E-state index in [1.165, 1.54) is 5.56 Å². The third-order valence-electron chi connectivity index (χ3n) is 4.49. The fourth-order valence-electron chi connectivity index (χ4n) is 3.24.